The fourth-order valence-corrected chi connectivity index (χ4v) is 4.60. The summed E-state index contributed by atoms with van der Waals surface area (Å²) in [5.74, 6) is -0.0575. The highest BCUT2D eigenvalue weighted by molar-refractivity contribution is 7.94. The van der Waals surface area contributed by atoms with Crippen LogP contribution in [0.5, 0.6) is 0 Å². The molecule has 0 bridgehead atoms. The summed E-state index contributed by atoms with van der Waals surface area (Å²) in [7, 11) is -3.56. The standard InChI is InChI=1S/C20H20N2O3S2/c23-19(21-13-12-16-5-2-1-3-6-16)15-17-8-10-18(11-9-17)22-27(24,25)20-7-4-14-26-20/h1-11,14,22H,12-13,15H2,(H,21,23). The van der Waals surface area contributed by atoms with Crippen molar-refractivity contribution in [1.82, 2.24) is 5.32 Å². The van der Waals surface area contributed by atoms with Gasteiger partial charge in [0.1, 0.15) is 4.21 Å². The molecule has 27 heavy (non-hydrogen) atoms. The van der Waals surface area contributed by atoms with Crippen LogP contribution in [0, 0.1) is 0 Å². The number of nitrogens with one attached hydrogen (secondary N) is 2. The van der Waals surface area contributed by atoms with Gasteiger partial charge in [0, 0.05) is 12.2 Å². The number of hydrogen-bond donors (Lipinski definition) is 2. The first kappa shape index (κ1) is 19.1. The monoisotopic (exact) mass is 400 g/mol. The van der Waals surface area contributed by atoms with Gasteiger partial charge >= 0.3 is 0 Å². The summed E-state index contributed by atoms with van der Waals surface area (Å²) >= 11 is 1.16. The molecule has 0 atom stereocenters. The van der Waals surface area contributed by atoms with E-state index in [0.717, 1.165) is 23.3 Å². The van der Waals surface area contributed by atoms with Crippen LogP contribution in [-0.2, 0) is 27.7 Å². The maximum absolute atomic E-state index is 12.2. The molecule has 0 aliphatic rings. The molecule has 140 valence electrons. The van der Waals surface area contributed by atoms with Gasteiger partial charge in [-0.25, -0.2) is 8.42 Å². The van der Waals surface area contributed by atoms with Gasteiger partial charge in [0.15, 0.2) is 0 Å². The van der Waals surface area contributed by atoms with E-state index in [1.54, 1.807) is 41.8 Å². The molecule has 0 saturated heterocycles. The van der Waals surface area contributed by atoms with Crippen LogP contribution >= 0.6 is 11.3 Å². The Kier molecular flexibility index (Phi) is 6.26. The molecular formula is C20H20N2O3S2. The topological polar surface area (TPSA) is 75.3 Å². The van der Waals surface area contributed by atoms with E-state index in [2.05, 4.69) is 10.0 Å². The largest absolute Gasteiger partial charge is 0.355 e. The van der Waals surface area contributed by atoms with E-state index in [-0.39, 0.29) is 16.5 Å². The average Bonchev–Trinajstić information content (AvgIpc) is 3.20. The molecule has 0 unspecified atom stereocenters. The number of rotatable bonds is 8. The van der Waals surface area contributed by atoms with Crippen LogP contribution in [0.3, 0.4) is 0 Å². The summed E-state index contributed by atoms with van der Waals surface area (Å²) in [6.07, 6.45) is 1.04. The highest BCUT2D eigenvalue weighted by Crippen LogP contribution is 2.20. The lowest BCUT2D eigenvalue weighted by atomic mass is 10.1. The van der Waals surface area contributed by atoms with Gasteiger partial charge in [-0.1, -0.05) is 48.5 Å². The molecule has 0 aliphatic heterocycles. The second-order valence-corrected chi connectivity index (χ2v) is 8.85. The second-order valence-electron chi connectivity index (χ2n) is 6.00. The van der Waals surface area contributed by atoms with Crippen molar-refractivity contribution in [2.45, 2.75) is 17.1 Å². The number of carbonyl (C=O) groups excluding carboxylic acids is 1. The Bertz CT molecular complexity index is 968. The summed E-state index contributed by atoms with van der Waals surface area (Å²) in [6.45, 7) is 0.585. The van der Waals surface area contributed by atoms with E-state index in [4.69, 9.17) is 0 Å². The number of carbonyl (C=O) groups is 1. The predicted octanol–water partition coefficient (Wildman–Crippen LogP) is 3.45. The minimum atomic E-state index is -3.56. The Morgan fingerprint density at radius 1 is 0.889 bits per heavy atom. The van der Waals surface area contributed by atoms with Crippen LogP contribution < -0.4 is 10.0 Å². The quantitative estimate of drug-likeness (QED) is 0.608. The molecular weight excluding hydrogens is 380 g/mol. The van der Waals surface area contributed by atoms with Crippen LogP contribution in [-0.4, -0.2) is 20.9 Å². The smallest absolute Gasteiger partial charge is 0.271 e. The second kappa shape index (κ2) is 8.83. The zero-order chi connectivity index (χ0) is 19.1. The lowest BCUT2D eigenvalue weighted by molar-refractivity contribution is -0.120. The zero-order valence-corrected chi connectivity index (χ0v) is 16.2. The summed E-state index contributed by atoms with van der Waals surface area (Å²) in [5.41, 5.74) is 2.48. The van der Waals surface area contributed by atoms with Crippen molar-refractivity contribution in [3.8, 4) is 0 Å². The van der Waals surface area contributed by atoms with Crippen molar-refractivity contribution < 1.29 is 13.2 Å². The van der Waals surface area contributed by atoms with Gasteiger partial charge in [0.25, 0.3) is 10.0 Å². The lowest BCUT2D eigenvalue weighted by Crippen LogP contribution is -2.27. The molecule has 0 fully saturated rings. The molecule has 3 aromatic rings. The molecule has 7 heteroatoms. The molecule has 2 aromatic carbocycles. The third-order valence-corrected chi connectivity index (χ3v) is 6.69. The van der Waals surface area contributed by atoms with Gasteiger partial charge < -0.3 is 5.32 Å². The van der Waals surface area contributed by atoms with E-state index >= 15 is 0 Å². The fraction of sp³-hybridized carbons (Fsp3) is 0.150. The third kappa shape index (κ3) is 5.67. The van der Waals surface area contributed by atoms with Gasteiger partial charge in [-0.2, -0.15) is 0 Å². The van der Waals surface area contributed by atoms with Gasteiger partial charge in [-0.15, -0.1) is 11.3 Å². The van der Waals surface area contributed by atoms with Crippen molar-refractivity contribution >= 4 is 33.0 Å². The van der Waals surface area contributed by atoms with E-state index in [1.807, 2.05) is 30.3 Å². The van der Waals surface area contributed by atoms with Crippen molar-refractivity contribution in [2.24, 2.45) is 0 Å². The summed E-state index contributed by atoms with van der Waals surface area (Å²) in [5, 5.41) is 4.62. The highest BCUT2D eigenvalue weighted by atomic mass is 32.2. The predicted molar refractivity (Wildman–Crippen MR) is 108 cm³/mol. The Labute approximate surface area is 163 Å². The number of benzene rings is 2. The van der Waals surface area contributed by atoms with Gasteiger partial charge in [0.05, 0.1) is 6.42 Å². The zero-order valence-electron chi connectivity index (χ0n) is 14.6. The van der Waals surface area contributed by atoms with Crippen molar-refractivity contribution in [1.29, 1.82) is 0 Å². The molecule has 5 nitrogen and oxygen atoms in total. The van der Waals surface area contributed by atoms with Gasteiger partial charge in [-0.3, -0.25) is 9.52 Å². The SMILES string of the molecule is O=C(Cc1ccc(NS(=O)(=O)c2cccs2)cc1)NCCc1ccccc1. The summed E-state index contributed by atoms with van der Waals surface area (Å²) < 4.78 is 27.2. The van der Waals surface area contributed by atoms with E-state index in [9.17, 15) is 13.2 Å². The molecule has 0 spiro atoms. The first-order valence-corrected chi connectivity index (χ1v) is 10.8. The minimum Gasteiger partial charge on any atom is -0.355 e. The van der Waals surface area contributed by atoms with Crippen molar-refractivity contribution in [2.75, 3.05) is 11.3 Å². The Morgan fingerprint density at radius 3 is 2.30 bits per heavy atom. The van der Waals surface area contributed by atoms with Gasteiger partial charge in [-0.05, 0) is 41.1 Å². The lowest BCUT2D eigenvalue weighted by Gasteiger charge is -2.08. The minimum absolute atomic E-state index is 0.0575. The van der Waals surface area contributed by atoms with Crippen LogP contribution in [0.25, 0.3) is 0 Å². The highest BCUT2D eigenvalue weighted by Gasteiger charge is 2.15. The maximum Gasteiger partial charge on any atom is 0.271 e. The summed E-state index contributed by atoms with van der Waals surface area (Å²) in [6, 6.07) is 20.1. The van der Waals surface area contributed by atoms with E-state index in [0.29, 0.717) is 12.2 Å². The molecule has 0 radical (unpaired) electrons. The maximum atomic E-state index is 12.2. The first-order valence-electron chi connectivity index (χ1n) is 8.49. The molecule has 1 amide bonds. The van der Waals surface area contributed by atoms with Crippen LogP contribution in [0.1, 0.15) is 11.1 Å². The van der Waals surface area contributed by atoms with E-state index in [1.165, 1.54) is 5.56 Å². The molecule has 1 aromatic heterocycles. The number of sulfonamides is 1. The van der Waals surface area contributed by atoms with Crippen LogP contribution in [0.15, 0.2) is 76.3 Å². The van der Waals surface area contributed by atoms with E-state index < -0.39 is 10.0 Å². The first-order chi connectivity index (χ1) is 13.0. The third-order valence-electron chi connectivity index (χ3n) is 3.91. The average molecular weight is 401 g/mol. The van der Waals surface area contributed by atoms with Crippen LogP contribution in [0.2, 0.25) is 0 Å². The molecule has 3 rings (SSSR count). The Morgan fingerprint density at radius 2 is 1.63 bits per heavy atom. The molecule has 2 N–H and O–H groups in total. The van der Waals surface area contributed by atoms with Crippen molar-refractivity contribution in [3.63, 3.8) is 0 Å². The van der Waals surface area contributed by atoms with Crippen LogP contribution in [0.4, 0.5) is 5.69 Å². The Hall–Kier alpha value is -2.64. The number of thiophene rings is 1. The number of anilines is 1. The summed E-state index contributed by atoms with van der Waals surface area (Å²) in [4.78, 5) is 12.1. The molecule has 0 saturated carbocycles. The number of amides is 1. The van der Waals surface area contributed by atoms with Gasteiger partial charge in [0.2, 0.25) is 5.91 Å². The van der Waals surface area contributed by atoms with Crippen molar-refractivity contribution in [3.05, 3.63) is 83.2 Å². The Balaban J connectivity index is 1.49. The normalized spacial score (nSPS) is 11.1. The molecule has 1 heterocycles. The molecule has 0 aliphatic carbocycles. The number of hydrogen-bond acceptors (Lipinski definition) is 4. The fourth-order valence-electron chi connectivity index (χ4n) is 2.55.